The molecule has 0 radical (unpaired) electrons. The molecule has 2 aromatic rings. The third-order valence-corrected chi connectivity index (χ3v) is 4.47. The zero-order chi connectivity index (χ0) is 16.7. The number of piperazine rings is 1. The van der Waals surface area contributed by atoms with Crippen molar-refractivity contribution >= 4 is 16.9 Å². The van der Waals surface area contributed by atoms with Crippen molar-refractivity contribution in [2.75, 3.05) is 26.7 Å². The Balaban J connectivity index is 2.08. The fourth-order valence-electron chi connectivity index (χ4n) is 3.06. The third kappa shape index (κ3) is 2.91. The van der Waals surface area contributed by atoms with Crippen LogP contribution in [-0.2, 0) is 0 Å². The number of aryl methyl sites for hydroxylation is 2. The van der Waals surface area contributed by atoms with E-state index >= 15 is 0 Å². The van der Waals surface area contributed by atoms with Crippen molar-refractivity contribution in [3.8, 4) is 0 Å². The maximum absolute atomic E-state index is 14.0. The van der Waals surface area contributed by atoms with Gasteiger partial charge in [0.2, 0.25) is 0 Å². The van der Waals surface area contributed by atoms with Gasteiger partial charge >= 0.3 is 0 Å². The van der Waals surface area contributed by atoms with Gasteiger partial charge in [-0.05, 0) is 33.9 Å². The number of hydrogen-bond acceptors (Lipinski definition) is 4. The standard InChI is InChI=1S/C17H21FN4O/c1-10-9-21(4)5-6-22(10)17(23)14-7-13(18)8-15-16(14)20-12(3)11(2)19-15/h7-8,10H,5-6,9H2,1-4H3. The Hall–Kier alpha value is -2.08. The van der Waals surface area contributed by atoms with Gasteiger partial charge in [0.15, 0.2) is 0 Å². The zero-order valence-corrected chi connectivity index (χ0v) is 13.9. The maximum Gasteiger partial charge on any atom is 0.256 e. The van der Waals surface area contributed by atoms with Gasteiger partial charge in [0.1, 0.15) is 11.3 Å². The second kappa shape index (κ2) is 5.85. The van der Waals surface area contributed by atoms with E-state index < -0.39 is 5.82 Å². The minimum absolute atomic E-state index is 0.0825. The Kier molecular flexibility index (Phi) is 4.02. The number of hydrogen-bond donors (Lipinski definition) is 0. The fourth-order valence-corrected chi connectivity index (χ4v) is 3.06. The summed E-state index contributed by atoms with van der Waals surface area (Å²) in [6, 6.07) is 2.69. The molecule has 1 aliphatic rings. The van der Waals surface area contributed by atoms with Crippen LogP contribution in [0.2, 0.25) is 0 Å². The van der Waals surface area contributed by atoms with E-state index in [1.54, 1.807) is 4.90 Å². The highest BCUT2D eigenvalue weighted by molar-refractivity contribution is 6.05. The van der Waals surface area contributed by atoms with Gasteiger partial charge in [-0.25, -0.2) is 14.4 Å². The second-order valence-electron chi connectivity index (χ2n) is 6.33. The number of aromatic nitrogens is 2. The van der Waals surface area contributed by atoms with E-state index in [1.165, 1.54) is 12.1 Å². The van der Waals surface area contributed by atoms with Gasteiger partial charge < -0.3 is 9.80 Å². The number of carbonyl (C=O) groups is 1. The largest absolute Gasteiger partial charge is 0.333 e. The number of rotatable bonds is 1. The molecular formula is C17H21FN4O. The lowest BCUT2D eigenvalue weighted by Gasteiger charge is -2.38. The summed E-state index contributed by atoms with van der Waals surface area (Å²) in [5.41, 5.74) is 2.70. The topological polar surface area (TPSA) is 49.3 Å². The van der Waals surface area contributed by atoms with E-state index in [1.807, 2.05) is 27.8 Å². The molecule has 0 aliphatic carbocycles. The maximum atomic E-state index is 14.0. The van der Waals surface area contributed by atoms with Crippen LogP contribution in [-0.4, -0.2) is 58.4 Å². The summed E-state index contributed by atoms with van der Waals surface area (Å²) in [5, 5.41) is 0. The molecule has 1 saturated heterocycles. The van der Waals surface area contributed by atoms with Crippen LogP contribution < -0.4 is 0 Å². The molecule has 0 bridgehead atoms. The average molecular weight is 316 g/mol. The van der Waals surface area contributed by atoms with Gasteiger partial charge in [0.05, 0.1) is 22.5 Å². The van der Waals surface area contributed by atoms with E-state index in [0.717, 1.165) is 24.5 Å². The minimum atomic E-state index is -0.458. The van der Waals surface area contributed by atoms with Crippen LogP contribution in [0.4, 0.5) is 4.39 Å². The predicted molar refractivity (Wildman–Crippen MR) is 87.0 cm³/mol. The molecule has 1 atom stereocenters. The Labute approximate surface area is 135 Å². The molecule has 1 aromatic carbocycles. The fraction of sp³-hybridized carbons (Fsp3) is 0.471. The van der Waals surface area contributed by atoms with Crippen molar-refractivity contribution < 1.29 is 9.18 Å². The van der Waals surface area contributed by atoms with E-state index in [9.17, 15) is 9.18 Å². The van der Waals surface area contributed by atoms with Gasteiger partial charge in [0.25, 0.3) is 5.91 Å². The van der Waals surface area contributed by atoms with Crippen molar-refractivity contribution in [3.05, 3.63) is 34.9 Å². The van der Waals surface area contributed by atoms with Gasteiger partial charge in [-0.15, -0.1) is 0 Å². The number of likely N-dealkylation sites (N-methyl/N-ethyl adjacent to an activating group) is 1. The van der Waals surface area contributed by atoms with E-state index in [-0.39, 0.29) is 11.9 Å². The van der Waals surface area contributed by atoms with Gasteiger partial charge in [-0.2, -0.15) is 0 Å². The number of amides is 1. The van der Waals surface area contributed by atoms with Crippen LogP contribution in [0.5, 0.6) is 0 Å². The van der Waals surface area contributed by atoms with Crippen LogP contribution in [0.1, 0.15) is 28.7 Å². The molecular weight excluding hydrogens is 295 g/mol. The van der Waals surface area contributed by atoms with Crippen LogP contribution in [0, 0.1) is 19.7 Å². The first-order valence-electron chi connectivity index (χ1n) is 7.81. The molecule has 1 aliphatic heterocycles. The van der Waals surface area contributed by atoms with Crippen LogP contribution in [0.3, 0.4) is 0 Å². The molecule has 1 unspecified atom stereocenters. The second-order valence-corrected chi connectivity index (χ2v) is 6.33. The minimum Gasteiger partial charge on any atom is -0.333 e. The van der Waals surface area contributed by atoms with Crippen molar-refractivity contribution in [1.29, 1.82) is 0 Å². The molecule has 0 N–H and O–H groups in total. The van der Waals surface area contributed by atoms with Crippen molar-refractivity contribution in [1.82, 2.24) is 19.8 Å². The molecule has 23 heavy (non-hydrogen) atoms. The first-order valence-corrected chi connectivity index (χ1v) is 7.81. The lowest BCUT2D eigenvalue weighted by Crippen LogP contribution is -2.52. The zero-order valence-electron chi connectivity index (χ0n) is 13.9. The quantitative estimate of drug-likeness (QED) is 0.809. The molecule has 2 heterocycles. The average Bonchev–Trinajstić information content (AvgIpc) is 2.47. The number of carbonyl (C=O) groups excluding carboxylic acids is 1. The summed E-state index contributed by atoms with van der Waals surface area (Å²) in [5.74, 6) is -0.632. The summed E-state index contributed by atoms with van der Waals surface area (Å²) in [7, 11) is 2.04. The Morgan fingerprint density at radius 3 is 2.61 bits per heavy atom. The highest BCUT2D eigenvalue weighted by atomic mass is 19.1. The number of benzene rings is 1. The molecule has 6 heteroatoms. The first kappa shape index (κ1) is 15.8. The van der Waals surface area contributed by atoms with E-state index in [4.69, 9.17) is 0 Å². The molecule has 0 saturated carbocycles. The SMILES string of the molecule is Cc1nc2cc(F)cc(C(=O)N3CCN(C)CC3C)c2nc1C. The van der Waals surface area contributed by atoms with Gasteiger partial charge in [-0.3, -0.25) is 4.79 Å². The summed E-state index contributed by atoms with van der Waals surface area (Å²) in [6.07, 6.45) is 0. The monoisotopic (exact) mass is 316 g/mol. The van der Waals surface area contributed by atoms with Crippen LogP contribution in [0.15, 0.2) is 12.1 Å². The highest BCUT2D eigenvalue weighted by Crippen LogP contribution is 2.22. The smallest absolute Gasteiger partial charge is 0.256 e. The lowest BCUT2D eigenvalue weighted by molar-refractivity contribution is 0.0535. The Bertz CT molecular complexity index is 777. The number of halogens is 1. The van der Waals surface area contributed by atoms with E-state index in [0.29, 0.717) is 23.1 Å². The van der Waals surface area contributed by atoms with Gasteiger partial charge in [-0.1, -0.05) is 0 Å². The molecule has 3 rings (SSSR count). The van der Waals surface area contributed by atoms with Crippen LogP contribution in [0.25, 0.3) is 11.0 Å². The van der Waals surface area contributed by atoms with Crippen molar-refractivity contribution in [3.63, 3.8) is 0 Å². The first-order chi connectivity index (χ1) is 10.9. The summed E-state index contributed by atoms with van der Waals surface area (Å²) < 4.78 is 14.0. The van der Waals surface area contributed by atoms with Crippen molar-refractivity contribution in [2.45, 2.75) is 26.8 Å². The Morgan fingerprint density at radius 2 is 1.91 bits per heavy atom. The third-order valence-electron chi connectivity index (χ3n) is 4.47. The van der Waals surface area contributed by atoms with Gasteiger partial charge in [0, 0.05) is 31.7 Å². The Morgan fingerprint density at radius 1 is 1.22 bits per heavy atom. The van der Waals surface area contributed by atoms with Crippen molar-refractivity contribution in [2.24, 2.45) is 0 Å². The molecule has 1 aromatic heterocycles. The molecule has 122 valence electrons. The molecule has 1 amide bonds. The predicted octanol–water partition coefficient (Wildman–Crippen LogP) is 2.16. The molecule has 0 spiro atoms. The number of fused-ring (bicyclic) bond motifs is 1. The highest BCUT2D eigenvalue weighted by Gasteiger charge is 2.28. The van der Waals surface area contributed by atoms with E-state index in [2.05, 4.69) is 14.9 Å². The molecule has 5 nitrogen and oxygen atoms in total. The number of nitrogens with zero attached hydrogens (tertiary/aromatic N) is 4. The summed E-state index contributed by atoms with van der Waals surface area (Å²) >= 11 is 0. The summed E-state index contributed by atoms with van der Waals surface area (Å²) in [6.45, 7) is 7.94. The molecule has 1 fully saturated rings. The van der Waals surface area contributed by atoms with Crippen LogP contribution >= 0.6 is 0 Å². The summed E-state index contributed by atoms with van der Waals surface area (Å²) in [4.78, 5) is 25.8. The lowest BCUT2D eigenvalue weighted by atomic mass is 10.1. The normalized spacial score (nSPS) is 19.3.